The molecule has 0 saturated carbocycles. The second-order valence-electron chi connectivity index (χ2n) is 5.67. The van der Waals surface area contributed by atoms with E-state index in [1.165, 1.54) is 19.1 Å². The SMILES string of the molecule is CC(C)CCC(C)NCc1ccc(S(C)(=O)=O)cc1. The zero-order valence-electron chi connectivity index (χ0n) is 12.3. The van der Waals surface area contributed by atoms with Crippen molar-refractivity contribution in [3.05, 3.63) is 29.8 Å². The molecular formula is C15H25NO2S. The highest BCUT2D eigenvalue weighted by Gasteiger charge is 2.07. The van der Waals surface area contributed by atoms with Gasteiger partial charge in [-0.25, -0.2) is 8.42 Å². The smallest absolute Gasteiger partial charge is 0.175 e. The lowest BCUT2D eigenvalue weighted by Gasteiger charge is -2.15. The van der Waals surface area contributed by atoms with Gasteiger partial charge in [0, 0.05) is 18.8 Å². The Morgan fingerprint density at radius 2 is 1.63 bits per heavy atom. The van der Waals surface area contributed by atoms with E-state index >= 15 is 0 Å². The molecule has 0 fully saturated rings. The highest BCUT2D eigenvalue weighted by Crippen LogP contribution is 2.11. The van der Waals surface area contributed by atoms with E-state index < -0.39 is 9.84 Å². The molecule has 0 aliphatic heterocycles. The molecule has 19 heavy (non-hydrogen) atoms. The third kappa shape index (κ3) is 6.21. The van der Waals surface area contributed by atoms with E-state index in [4.69, 9.17) is 0 Å². The highest BCUT2D eigenvalue weighted by molar-refractivity contribution is 7.90. The third-order valence-corrected chi connectivity index (χ3v) is 4.31. The fourth-order valence-electron chi connectivity index (χ4n) is 1.83. The Bertz CT molecular complexity index is 477. The van der Waals surface area contributed by atoms with Crippen LogP contribution in [0.3, 0.4) is 0 Å². The van der Waals surface area contributed by atoms with Gasteiger partial charge in [0.05, 0.1) is 4.90 Å². The first-order valence-electron chi connectivity index (χ1n) is 6.81. The lowest BCUT2D eigenvalue weighted by Crippen LogP contribution is -2.25. The molecule has 0 aliphatic carbocycles. The van der Waals surface area contributed by atoms with Gasteiger partial charge in [0.1, 0.15) is 0 Å². The molecule has 0 bridgehead atoms. The average molecular weight is 283 g/mol. The van der Waals surface area contributed by atoms with Gasteiger partial charge in [-0.2, -0.15) is 0 Å². The van der Waals surface area contributed by atoms with Crippen molar-refractivity contribution in [2.75, 3.05) is 6.26 Å². The summed E-state index contributed by atoms with van der Waals surface area (Å²) in [7, 11) is -3.09. The minimum absolute atomic E-state index is 0.379. The van der Waals surface area contributed by atoms with Gasteiger partial charge in [0.25, 0.3) is 0 Å². The van der Waals surface area contributed by atoms with Crippen molar-refractivity contribution in [3.63, 3.8) is 0 Å². The summed E-state index contributed by atoms with van der Waals surface area (Å²) < 4.78 is 22.7. The van der Waals surface area contributed by atoms with Crippen molar-refractivity contribution in [1.82, 2.24) is 5.32 Å². The lowest BCUT2D eigenvalue weighted by atomic mass is 10.0. The van der Waals surface area contributed by atoms with Gasteiger partial charge in [-0.1, -0.05) is 26.0 Å². The molecule has 0 saturated heterocycles. The van der Waals surface area contributed by atoms with Crippen LogP contribution < -0.4 is 5.32 Å². The first-order valence-corrected chi connectivity index (χ1v) is 8.70. The second-order valence-corrected chi connectivity index (χ2v) is 7.68. The topological polar surface area (TPSA) is 46.2 Å². The number of hydrogen-bond acceptors (Lipinski definition) is 3. The Morgan fingerprint density at radius 1 is 1.05 bits per heavy atom. The fourth-order valence-corrected chi connectivity index (χ4v) is 2.46. The van der Waals surface area contributed by atoms with Crippen molar-refractivity contribution in [1.29, 1.82) is 0 Å². The Labute approximate surface area is 117 Å². The maximum atomic E-state index is 11.3. The van der Waals surface area contributed by atoms with Crippen LogP contribution in [0.4, 0.5) is 0 Å². The fraction of sp³-hybridized carbons (Fsp3) is 0.600. The van der Waals surface area contributed by atoms with Crippen LogP contribution in [0.5, 0.6) is 0 Å². The molecule has 1 N–H and O–H groups in total. The number of nitrogens with one attached hydrogen (secondary N) is 1. The summed E-state index contributed by atoms with van der Waals surface area (Å²) in [6.45, 7) is 7.43. The molecule has 0 spiro atoms. The quantitative estimate of drug-likeness (QED) is 0.836. The lowest BCUT2D eigenvalue weighted by molar-refractivity contribution is 0.450. The van der Waals surface area contributed by atoms with Crippen LogP contribution in [-0.2, 0) is 16.4 Å². The van der Waals surface area contributed by atoms with Crippen molar-refractivity contribution in [2.45, 2.75) is 51.1 Å². The van der Waals surface area contributed by atoms with E-state index in [-0.39, 0.29) is 0 Å². The molecule has 4 heteroatoms. The second kappa shape index (κ2) is 7.06. The molecule has 1 unspecified atom stereocenters. The van der Waals surface area contributed by atoms with E-state index in [9.17, 15) is 8.42 Å². The maximum absolute atomic E-state index is 11.3. The molecule has 1 rings (SSSR count). The predicted molar refractivity (Wildman–Crippen MR) is 79.9 cm³/mol. The molecule has 1 aromatic carbocycles. The largest absolute Gasteiger partial charge is 0.310 e. The first kappa shape index (κ1) is 16.2. The summed E-state index contributed by atoms with van der Waals surface area (Å²) in [4.78, 5) is 0.379. The van der Waals surface area contributed by atoms with E-state index in [0.717, 1.165) is 18.0 Å². The summed E-state index contributed by atoms with van der Waals surface area (Å²) >= 11 is 0. The van der Waals surface area contributed by atoms with Crippen LogP contribution in [0.2, 0.25) is 0 Å². The standard InChI is InChI=1S/C15H25NO2S/c1-12(2)5-6-13(3)16-11-14-7-9-15(10-8-14)19(4,17)18/h7-10,12-13,16H,5-6,11H2,1-4H3. The van der Waals surface area contributed by atoms with E-state index in [1.54, 1.807) is 12.1 Å². The molecule has 1 atom stereocenters. The van der Waals surface area contributed by atoms with E-state index in [2.05, 4.69) is 26.1 Å². The van der Waals surface area contributed by atoms with Gasteiger partial charge in [-0.05, 0) is 43.4 Å². The number of sulfone groups is 1. The molecule has 108 valence electrons. The Kier molecular flexibility index (Phi) is 6.01. The first-order chi connectivity index (χ1) is 8.79. The molecule has 0 amide bonds. The van der Waals surface area contributed by atoms with Crippen LogP contribution in [0.15, 0.2) is 29.2 Å². The van der Waals surface area contributed by atoms with Gasteiger partial charge in [-0.15, -0.1) is 0 Å². The minimum Gasteiger partial charge on any atom is -0.310 e. The zero-order chi connectivity index (χ0) is 14.5. The molecule has 0 heterocycles. The van der Waals surface area contributed by atoms with Crippen molar-refractivity contribution in [3.8, 4) is 0 Å². The molecule has 3 nitrogen and oxygen atoms in total. The molecular weight excluding hydrogens is 258 g/mol. The normalized spacial score (nSPS) is 13.7. The van der Waals surface area contributed by atoms with E-state index in [0.29, 0.717) is 10.9 Å². The summed E-state index contributed by atoms with van der Waals surface area (Å²) in [5.41, 5.74) is 1.11. The van der Waals surface area contributed by atoms with Crippen LogP contribution in [0.25, 0.3) is 0 Å². The Hall–Kier alpha value is -0.870. The molecule has 0 aliphatic rings. The average Bonchev–Trinajstić information content (AvgIpc) is 2.33. The van der Waals surface area contributed by atoms with Crippen LogP contribution in [0.1, 0.15) is 39.2 Å². The number of benzene rings is 1. The van der Waals surface area contributed by atoms with Gasteiger partial charge in [0.2, 0.25) is 0 Å². The van der Waals surface area contributed by atoms with Gasteiger partial charge >= 0.3 is 0 Å². The number of rotatable bonds is 7. The maximum Gasteiger partial charge on any atom is 0.175 e. The molecule has 0 aromatic heterocycles. The van der Waals surface area contributed by atoms with Crippen molar-refractivity contribution in [2.24, 2.45) is 5.92 Å². The molecule has 0 radical (unpaired) electrons. The Morgan fingerprint density at radius 3 is 2.11 bits per heavy atom. The summed E-state index contributed by atoms with van der Waals surface area (Å²) in [6.07, 6.45) is 3.62. The zero-order valence-corrected chi connectivity index (χ0v) is 13.1. The van der Waals surface area contributed by atoms with Crippen molar-refractivity contribution >= 4 is 9.84 Å². The number of hydrogen-bond donors (Lipinski definition) is 1. The van der Waals surface area contributed by atoms with Crippen LogP contribution >= 0.6 is 0 Å². The third-order valence-electron chi connectivity index (χ3n) is 3.18. The van der Waals surface area contributed by atoms with E-state index in [1.807, 2.05) is 12.1 Å². The minimum atomic E-state index is -3.09. The van der Waals surface area contributed by atoms with Gasteiger partial charge in [0.15, 0.2) is 9.84 Å². The summed E-state index contributed by atoms with van der Waals surface area (Å²) in [5, 5.41) is 3.46. The summed E-state index contributed by atoms with van der Waals surface area (Å²) in [5.74, 6) is 0.735. The summed E-state index contributed by atoms with van der Waals surface area (Å²) in [6, 6.07) is 7.57. The highest BCUT2D eigenvalue weighted by atomic mass is 32.2. The Balaban J connectivity index is 2.46. The van der Waals surface area contributed by atoms with Crippen LogP contribution in [0, 0.1) is 5.92 Å². The monoisotopic (exact) mass is 283 g/mol. The van der Waals surface area contributed by atoms with Crippen LogP contribution in [-0.4, -0.2) is 20.7 Å². The van der Waals surface area contributed by atoms with Gasteiger partial charge in [-0.3, -0.25) is 0 Å². The van der Waals surface area contributed by atoms with Gasteiger partial charge < -0.3 is 5.32 Å². The van der Waals surface area contributed by atoms with Crippen molar-refractivity contribution < 1.29 is 8.42 Å². The predicted octanol–water partition coefficient (Wildman–Crippen LogP) is 3.00. The molecule has 1 aromatic rings.